The van der Waals surface area contributed by atoms with E-state index in [1.165, 1.54) is 37.7 Å². The van der Waals surface area contributed by atoms with Gasteiger partial charge in [-0.2, -0.15) is 0 Å². The predicted molar refractivity (Wildman–Crippen MR) is 105 cm³/mol. The van der Waals surface area contributed by atoms with Crippen molar-refractivity contribution >= 4 is 23.1 Å². The summed E-state index contributed by atoms with van der Waals surface area (Å²) < 4.78 is 17.4. The summed E-state index contributed by atoms with van der Waals surface area (Å²) in [5.41, 5.74) is 2.40. The molecule has 8 heteroatoms. The van der Waals surface area contributed by atoms with Crippen LogP contribution in [-0.4, -0.2) is 42.1 Å². The molecular weight excluding hydrogens is 380 g/mol. The van der Waals surface area contributed by atoms with E-state index in [9.17, 15) is 9.59 Å². The molecule has 146 valence electrons. The van der Waals surface area contributed by atoms with Crippen molar-refractivity contribution in [2.24, 2.45) is 0 Å². The lowest BCUT2D eigenvalue weighted by Gasteiger charge is -2.09. The number of rotatable bonds is 7. The number of aryl methyl sites for hydroxylation is 1. The van der Waals surface area contributed by atoms with Gasteiger partial charge in [0, 0.05) is 34.6 Å². The molecule has 0 fully saturated rings. The summed E-state index contributed by atoms with van der Waals surface area (Å²) in [6.07, 6.45) is 1.71. The monoisotopic (exact) mass is 400 g/mol. The predicted octanol–water partition coefficient (Wildman–Crippen LogP) is 3.61. The van der Waals surface area contributed by atoms with Gasteiger partial charge in [-0.1, -0.05) is 0 Å². The molecule has 0 aliphatic heterocycles. The summed E-state index contributed by atoms with van der Waals surface area (Å²) in [6.45, 7) is 3.39. The molecule has 0 saturated heterocycles. The number of ether oxygens (including phenoxy) is 3. The first-order chi connectivity index (χ1) is 13.4. The molecule has 0 amide bonds. The SMILES string of the molecule is COc1cc(OC)cc(C(=O)OCC(=O)c2cc(C)n(-c3nccs3)c2C)c1. The maximum absolute atomic E-state index is 12.6. The van der Waals surface area contributed by atoms with Crippen LogP contribution in [0.4, 0.5) is 0 Å². The zero-order valence-electron chi connectivity index (χ0n) is 16.0. The summed E-state index contributed by atoms with van der Waals surface area (Å²) in [5, 5.41) is 2.66. The van der Waals surface area contributed by atoms with Gasteiger partial charge in [-0.3, -0.25) is 9.36 Å². The van der Waals surface area contributed by atoms with E-state index in [-0.39, 0.29) is 18.0 Å². The summed E-state index contributed by atoms with van der Waals surface area (Å²) >= 11 is 1.48. The van der Waals surface area contributed by atoms with E-state index < -0.39 is 5.97 Å². The molecule has 28 heavy (non-hydrogen) atoms. The van der Waals surface area contributed by atoms with Crippen LogP contribution < -0.4 is 9.47 Å². The number of hydrogen-bond donors (Lipinski definition) is 0. The molecule has 0 spiro atoms. The lowest BCUT2D eigenvalue weighted by molar-refractivity contribution is 0.0474. The molecule has 0 saturated carbocycles. The third kappa shape index (κ3) is 3.91. The van der Waals surface area contributed by atoms with Crippen molar-refractivity contribution in [1.82, 2.24) is 9.55 Å². The number of esters is 1. The molecule has 0 unspecified atom stereocenters. The molecule has 0 N–H and O–H groups in total. The zero-order chi connectivity index (χ0) is 20.3. The summed E-state index contributed by atoms with van der Waals surface area (Å²) in [6, 6.07) is 6.49. The zero-order valence-corrected chi connectivity index (χ0v) is 16.8. The van der Waals surface area contributed by atoms with Crippen LogP contribution >= 0.6 is 11.3 Å². The number of hydrogen-bond acceptors (Lipinski definition) is 7. The lowest BCUT2D eigenvalue weighted by Crippen LogP contribution is -2.15. The summed E-state index contributed by atoms with van der Waals surface area (Å²) in [5.74, 6) is 0.0210. The second-order valence-corrected chi connectivity index (χ2v) is 6.91. The van der Waals surface area contributed by atoms with E-state index in [1.807, 2.05) is 23.8 Å². The largest absolute Gasteiger partial charge is 0.497 e. The van der Waals surface area contributed by atoms with Gasteiger partial charge in [-0.15, -0.1) is 11.3 Å². The van der Waals surface area contributed by atoms with E-state index in [4.69, 9.17) is 14.2 Å². The second kappa shape index (κ2) is 8.26. The number of carbonyl (C=O) groups is 2. The van der Waals surface area contributed by atoms with Crippen molar-refractivity contribution in [1.29, 1.82) is 0 Å². The molecule has 0 atom stereocenters. The molecular formula is C20H20N2O5S. The second-order valence-electron chi connectivity index (χ2n) is 6.04. The smallest absolute Gasteiger partial charge is 0.338 e. The first-order valence-electron chi connectivity index (χ1n) is 8.46. The van der Waals surface area contributed by atoms with Gasteiger partial charge in [0.05, 0.1) is 19.8 Å². The minimum Gasteiger partial charge on any atom is -0.497 e. The van der Waals surface area contributed by atoms with E-state index >= 15 is 0 Å². The van der Waals surface area contributed by atoms with Gasteiger partial charge in [0.25, 0.3) is 0 Å². The number of methoxy groups -OCH3 is 2. The molecule has 0 bridgehead atoms. The molecule has 2 heterocycles. The highest BCUT2D eigenvalue weighted by Gasteiger charge is 2.20. The topological polar surface area (TPSA) is 79.7 Å². The highest BCUT2D eigenvalue weighted by atomic mass is 32.1. The molecule has 2 aromatic heterocycles. The standard InChI is InChI=1S/C20H20N2O5S/c1-12-7-17(13(2)22(12)20-21-5-6-28-20)18(23)11-27-19(24)14-8-15(25-3)10-16(9-14)26-4/h5-10H,11H2,1-4H3. The van der Waals surface area contributed by atoms with E-state index in [2.05, 4.69) is 4.98 Å². The maximum Gasteiger partial charge on any atom is 0.338 e. The fourth-order valence-electron chi connectivity index (χ4n) is 2.88. The van der Waals surface area contributed by atoms with E-state index in [0.29, 0.717) is 17.1 Å². The average molecular weight is 400 g/mol. The van der Waals surface area contributed by atoms with Gasteiger partial charge in [-0.05, 0) is 32.0 Å². The number of Topliss-reactive ketones (excluding diaryl/α,β-unsaturated/α-hetero) is 1. The van der Waals surface area contributed by atoms with Crippen LogP contribution in [0.1, 0.15) is 32.1 Å². The number of nitrogens with zero attached hydrogens (tertiary/aromatic N) is 2. The molecule has 0 radical (unpaired) electrons. The van der Waals surface area contributed by atoms with Crippen LogP contribution in [0.15, 0.2) is 35.8 Å². The van der Waals surface area contributed by atoms with Crippen LogP contribution in [0.25, 0.3) is 5.13 Å². The highest BCUT2D eigenvalue weighted by Crippen LogP contribution is 2.24. The molecule has 3 aromatic rings. The van der Waals surface area contributed by atoms with Crippen LogP contribution in [0, 0.1) is 13.8 Å². The fourth-order valence-corrected chi connectivity index (χ4v) is 3.63. The lowest BCUT2D eigenvalue weighted by atomic mass is 10.1. The Bertz CT molecular complexity index is 986. The van der Waals surface area contributed by atoms with E-state index in [0.717, 1.165) is 16.5 Å². The number of ketones is 1. The minimum absolute atomic E-state index is 0.247. The number of carbonyl (C=O) groups excluding carboxylic acids is 2. The van der Waals surface area contributed by atoms with Crippen LogP contribution in [0.5, 0.6) is 11.5 Å². The Balaban J connectivity index is 1.74. The molecule has 1 aromatic carbocycles. The first-order valence-corrected chi connectivity index (χ1v) is 9.34. The maximum atomic E-state index is 12.6. The van der Waals surface area contributed by atoms with Crippen molar-refractivity contribution in [3.8, 4) is 16.6 Å². The Morgan fingerprint density at radius 1 is 1.07 bits per heavy atom. The van der Waals surface area contributed by atoms with Crippen molar-refractivity contribution < 1.29 is 23.8 Å². The summed E-state index contributed by atoms with van der Waals surface area (Å²) in [7, 11) is 2.98. The normalized spacial score (nSPS) is 10.6. The van der Waals surface area contributed by atoms with Gasteiger partial charge in [-0.25, -0.2) is 9.78 Å². The highest BCUT2D eigenvalue weighted by molar-refractivity contribution is 7.12. The van der Waals surface area contributed by atoms with Gasteiger partial charge < -0.3 is 14.2 Å². The molecule has 0 aliphatic rings. The Hall–Kier alpha value is -3.13. The van der Waals surface area contributed by atoms with E-state index in [1.54, 1.807) is 18.3 Å². The first kappa shape index (κ1) is 19.6. The number of benzene rings is 1. The third-order valence-corrected chi connectivity index (χ3v) is 5.02. The van der Waals surface area contributed by atoms with Crippen LogP contribution in [0.3, 0.4) is 0 Å². The fraction of sp³-hybridized carbons (Fsp3) is 0.250. The Kier molecular flexibility index (Phi) is 5.79. The molecule has 7 nitrogen and oxygen atoms in total. The van der Waals surface area contributed by atoms with Crippen molar-refractivity contribution in [3.63, 3.8) is 0 Å². The third-order valence-electron chi connectivity index (χ3n) is 4.26. The minimum atomic E-state index is -0.626. The Morgan fingerprint density at radius 3 is 2.32 bits per heavy atom. The summed E-state index contributed by atoms with van der Waals surface area (Å²) in [4.78, 5) is 29.3. The van der Waals surface area contributed by atoms with Crippen molar-refractivity contribution in [2.75, 3.05) is 20.8 Å². The van der Waals surface area contributed by atoms with Crippen LogP contribution in [0.2, 0.25) is 0 Å². The van der Waals surface area contributed by atoms with Gasteiger partial charge in [0.15, 0.2) is 11.7 Å². The van der Waals surface area contributed by atoms with Crippen LogP contribution in [-0.2, 0) is 4.74 Å². The molecule has 0 aliphatic carbocycles. The van der Waals surface area contributed by atoms with Crippen molar-refractivity contribution in [3.05, 3.63) is 58.4 Å². The van der Waals surface area contributed by atoms with Gasteiger partial charge in [0.2, 0.25) is 5.78 Å². The Labute approximate surface area is 166 Å². The quantitative estimate of drug-likeness (QED) is 0.445. The van der Waals surface area contributed by atoms with Gasteiger partial charge >= 0.3 is 5.97 Å². The Morgan fingerprint density at radius 2 is 1.75 bits per heavy atom. The number of thiazole rings is 1. The molecule has 3 rings (SSSR count). The number of aromatic nitrogens is 2. The van der Waals surface area contributed by atoms with Gasteiger partial charge in [0.1, 0.15) is 11.5 Å². The van der Waals surface area contributed by atoms with Crippen molar-refractivity contribution in [2.45, 2.75) is 13.8 Å². The average Bonchev–Trinajstić information content (AvgIpc) is 3.32.